The Balaban J connectivity index is 2.33. The van der Waals surface area contributed by atoms with Crippen molar-refractivity contribution in [2.45, 2.75) is 33.6 Å². The molecular weight excluding hydrogens is 224 g/mol. The molecule has 0 aromatic heterocycles. The molecule has 0 amide bonds. The van der Waals surface area contributed by atoms with Crippen molar-refractivity contribution in [3.8, 4) is 0 Å². The third-order valence-corrected chi connectivity index (χ3v) is 3.41. The van der Waals surface area contributed by atoms with Crippen LogP contribution in [-0.2, 0) is 9.53 Å². The van der Waals surface area contributed by atoms with E-state index >= 15 is 0 Å². The molecule has 0 aromatic rings. The van der Waals surface area contributed by atoms with E-state index in [0.29, 0.717) is 12.5 Å². The Morgan fingerprint density at radius 3 is 3.00 bits per heavy atom. The Morgan fingerprint density at radius 2 is 2.28 bits per heavy atom. The summed E-state index contributed by atoms with van der Waals surface area (Å²) in [6.07, 6.45) is 9.90. The van der Waals surface area contributed by atoms with Crippen LogP contribution in [0.25, 0.3) is 0 Å². The lowest BCUT2D eigenvalue weighted by Crippen LogP contribution is -2.12. The third kappa shape index (κ3) is 2.47. The summed E-state index contributed by atoms with van der Waals surface area (Å²) in [6, 6.07) is 0. The highest BCUT2D eigenvalue weighted by Crippen LogP contribution is 2.30. The van der Waals surface area contributed by atoms with Gasteiger partial charge in [0.15, 0.2) is 5.78 Å². The summed E-state index contributed by atoms with van der Waals surface area (Å²) in [6.45, 7) is 6.57. The summed E-state index contributed by atoms with van der Waals surface area (Å²) >= 11 is 0. The predicted octanol–water partition coefficient (Wildman–Crippen LogP) is 3.72. The molecule has 2 rings (SSSR count). The number of ether oxygens (including phenoxy) is 1. The van der Waals surface area contributed by atoms with Gasteiger partial charge >= 0.3 is 0 Å². The molecule has 96 valence electrons. The van der Waals surface area contributed by atoms with Crippen LogP contribution < -0.4 is 0 Å². The van der Waals surface area contributed by atoms with Gasteiger partial charge in [0.05, 0.1) is 0 Å². The van der Waals surface area contributed by atoms with Gasteiger partial charge in [-0.05, 0) is 37.3 Å². The summed E-state index contributed by atoms with van der Waals surface area (Å²) in [7, 11) is 0. The lowest BCUT2D eigenvalue weighted by Gasteiger charge is -2.16. The van der Waals surface area contributed by atoms with Crippen LogP contribution in [0.4, 0.5) is 0 Å². The van der Waals surface area contributed by atoms with Crippen LogP contribution in [-0.4, -0.2) is 12.4 Å². The van der Waals surface area contributed by atoms with E-state index in [4.69, 9.17) is 4.74 Å². The number of carbonyl (C=O) groups excluding carboxylic acids is 1. The van der Waals surface area contributed by atoms with E-state index in [1.54, 1.807) is 0 Å². The molecule has 0 saturated heterocycles. The zero-order valence-electron chi connectivity index (χ0n) is 11.3. The summed E-state index contributed by atoms with van der Waals surface area (Å²) in [5.41, 5.74) is 2.70. The second-order valence-corrected chi connectivity index (χ2v) is 4.96. The summed E-state index contributed by atoms with van der Waals surface area (Å²) in [4.78, 5) is 12.4. The van der Waals surface area contributed by atoms with Crippen molar-refractivity contribution in [3.05, 3.63) is 46.8 Å². The molecule has 0 spiro atoms. The smallest absolute Gasteiger partial charge is 0.188 e. The lowest BCUT2D eigenvalue weighted by atomic mass is 9.87. The minimum atomic E-state index is 0.148. The molecule has 0 radical (unpaired) electrons. The van der Waals surface area contributed by atoms with Crippen LogP contribution in [0.1, 0.15) is 33.6 Å². The second-order valence-electron chi connectivity index (χ2n) is 4.96. The van der Waals surface area contributed by atoms with Crippen LogP contribution >= 0.6 is 0 Å². The topological polar surface area (TPSA) is 26.3 Å². The van der Waals surface area contributed by atoms with Gasteiger partial charge in [-0.15, -0.1) is 0 Å². The average molecular weight is 244 g/mol. The average Bonchev–Trinajstić information content (AvgIpc) is 2.48. The number of hydrogen-bond donors (Lipinski definition) is 0. The van der Waals surface area contributed by atoms with Crippen LogP contribution in [0, 0.1) is 5.92 Å². The molecule has 1 aliphatic carbocycles. The van der Waals surface area contributed by atoms with Gasteiger partial charge in [-0.1, -0.05) is 32.1 Å². The first-order valence-electron chi connectivity index (χ1n) is 6.58. The lowest BCUT2D eigenvalue weighted by molar-refractivity contribution is -0.112. The first-order valence-corrected chi connectivity index (χ1v) is 6.58. The molecule has 0 saturated carbocycles. The van der Waals surface area contributed by atoms with Gasteiger partial charge in [0.1, 0.15) is 12.4 Å². The molecule has 1 atom stereocenters. The molecule has 0 fully saturated rings. The van der Waals surface area contributed by atoms with Gasteiger partial charge in [-0.2, -0.15) is 0 Å². The normalized spacial score (nSPS) is 24.4. The molecule has 1 heterocycles. The van der Waals surface area contributed by atoms with Crippen LogP contribution in [0.2, 0.25) is 0 Å². The Labute approximate surface area is 109 Å². The summed E-state index contributed by atoms with van der Waals surface area (Å²) < 4.78 is 5.76. The van der Waals surface area contributed by atoms with Crippen molar-refractivity contribution in [2.75, 3.05) is 6.61 Å². The Kier molecular flexibility index (Phi) is 3.85. The van der Waals surface area contributed by atoms with Crippen LogP contribution in [0.5, 0.6) is 0 Å². The van der Waals surface area contributed by atoms with E-state index in [1.165, 1.54) is 0 Å². The van der Waals surface area contributed by atoms with Crippen molar-refractivity contribution in [2.24, 2.45) is 5.92 Å². The maximum atomic E-state index is 12.4. The molecular formula is C16H20O2. The zero-order chi connectivity index (χ0) is 13.1. The van der Waals surface area contributed by atoms with Gasteiger partial charge < -0.3 is 4.74 Å². The Hall–Kier alpha value is -1.57. The highest BCUT2D eigenvalue weighted by molar-refractivity contribution is 6.09. The van der Waals surface area contributed by atoms with E-state index in [0.717, 1.165) is 35.3 Å². The number of carbonyl (C=O) groups is 1. The number of ketones is 1. The third-order valence-electron chi connectivity index (χ3n) is 3.41. The minimum Gasteiger partial charge on any atom is -0.488 e. The van der Waals surface area contributed by atoms with Crippen LogP contribution in [0.3, 0.4) is 0 Å². The molecule has 2 heteroatoms. The minimum absolute atomic E-state index is 0.148. The van der Waals surface area contributed by atoms with E-state index in [1.807, 2.05) is 25.2 Å². The first kappa shape index (κ1) is 12.9. The standard InChI is InChI=1S/C16H20O2/c1-4-5-6-15-12(3)16(17)14-9-11(2)7-8-13(14)10-18-15/h5-8,11H,4,9-10H2,1-3H3/b6-5-. The number of hydrogen-bond acceptors (Lipinski definition) is 2. The van der Waals surface area contributed by atoms with Gasteiger partial charge in [0.2, 0.25) is 0 Å². The second kappa shape index (κ2) is 5.38. The quantitative estimate of drug-likeness (QED) is 0.740. The molecule has 1 unspecified atom stereocenters. The number of Topliss-reactive ketones (excluding diaryl/α,β-unsaturated/α-hetero) is 1. The van der Waals surface area contributed by atoms with Gasteiger partial charge in [-0.25, -0.2) is 0 Å². The summed E-state index contributed by atoms with van der Waals surface area (Å²) in [5, 5.41) is 0. The Bertz CT molecular complexity index is 475. The number of rotatable bonds is 2. The fourth-order valence-corrected chi connectivity index (χ4v) is 2.28. The van der Waals surface area contributed by atoms with Gasteiger partial charge in [0.25, 0.3) is 0 Å². The van der Waals surface area contributed by atoms with Crippen molar-refractivity contribution in [1.29, 1.82) is 0 Å². The highest BCUT2D eigenvalue weighted by atomic mass is 16.5. The molecule has 0 bridgehead atoms. The number of allylic oxidation sites excluding steroid dienone is 5. The maximum absolute atomic E-state index is 12.4. The van der Waals surface area contributed by atoms with E-state index < -0.39 is 0 Å². The fourth-order valence-electron chi connectivity index (χ4n) is 2.28. The fraction of sp³-hybridized carbons (Fsp3) is 0.438. The molecule has 0 N–H and O–H groups in total. The van der Waals surface area contributed by atoms with Gasteiger partial charge in [-0.3, -0.25) is 4.79 Å². The molecule has 0 aromatic carbocycles. The van der Waals surface area contributed by atoms with Crippen molar-refractivity contribution in [1.82, 2.24) is 0 Å². The molecule has 2 nitrogen and oxygen atoms in total. The monoisotopic (exact) mass is 244 g/mol. The van der Waals surface area contributed by atoms with Crippen molar-refractivity contribution in [3.63, 3.8) is 0 Å². The first-order chi connectivity index (χ1) is 8.63. The molecule has 1 aliphatic heterocycles. The van der Waals surface area contributed by atoms with Crippen molar-refractivity contribution >= 4 is 5.78 Å². The maximum Gasteiger partial charge on any atom is 0.188 e. The van der Waals surface area contributed by atoms with Crippen LogP contribution in [0.15, 0.2) is 46.8 Å². The SMILES string of the molecule is CC/C=C\C1=C(C)C(=O)C2=C(C=CC(C)C2)CO1. The van der Waals surface area contributed by atoms with E-state index in [2.05, 4.69) is 19.9 Å². The molecule has 2 aliphatic rings. The predicted molar refractivity (Wildman–Crippen MR) is 73.0 cm³/mol. The van der Waals surface area contributed by atoms with Crippen molar-refractivity contribution < 1.29 is 9.53 Å². The largest absolute Gasteiger partial charge is 0.488 e. The zero-order valence-corrected chi connectivity index (χ0v) is 11.3. The summed E-state index contributed by atoms with van der Waals surface area (Å²) in [5.74, 6) is 1.31. The molecule has 18 heavy (non-hydrogen) atoms. The highest BCUT2D eigenvalue weighted by Gasteiger charge is 2.25. The van der Waals surface area contributed by atoms with Gasteiger partial charge in [0, 0.05) is 11.1 Å². The Morgan fingerprint density at radius 1 is 1.50 bits per heavy atom. The van der Waals surface area contributed by atoms with E-state index in [-0.39, 0.29) is 5.78 Å². The van der Waals surface area contributed by atoms with E-state index in [9.17, 15) is 4.79 Å².